The predicted octanol–water partition coefficient (Wildman–Crippen LogP) is 5.44. The van der Waals surface area contributed by atoms with Crippen LogP contribution in [0.3, 0.4) is 0 Å². The molecule has 0 saturated carbocycles. The summed E-state index contributed by atoms with van der Waals surface area (Å²) in [5.41, 5.74) is 5.99. The van der Waals surface area contributed by atoms with Gasteiger partial charge in [0, 0.05) is 17.8 Å². The average molecular weight is 339 g/mol. The fourth-order valence-corrected chi connectivity index (χ4v) is 2.71. The van der Waals surface area contributed by atoms with Crippen molar-refractivity contribution < 1.29 is 9.47 Å². The van der Waals surface area contributed by atoms with E-state index < -0.39 is 0 Å². The Morgan fingerprint density at radius 1 is 1.12 bits per heavy atom. The molecule has 0 aliphatic heterocycles. The van der Waals surface area contributed by atoms with Gasteiger partial charge < -0.3 is 14.8 Å². The third kappa shape index (κ3) is 5.02. The van der Waals surface area contributed by atoms with Crippen LogP contribution in [0, 0.1) is 13.8 Å². The largest absolute Gasteiger partial charge is 0.493 e. The smallest absolute Gasteiger partial charge is 0.164 e. The fraction of sp³-hybridized carbons (Fsp3) is 0.364. The van der Waals surface area contributed by atoms with Gasteiger partial charge in [0.2, 0.25) is 0 Å². The third-order valence-corrected chi connectivity index (χ3v) is 4.23. The van der Waals surface area contributed by atoms with Crippen LogP contribution in [0.2, 0.25) is 0 Å². The lowest BCUT2D eigenvalue weighted by Gasteiger charge is -2.17. The van der Waals surface area contributed by atoms with Crippen LogP contribution in [-0.2, 0) is 13.0 Å². The summed E-state index contributed by atoms with van der Waals surface area (Å²) in [5, 5.41) is 3.49. The molecule has 0 amide bonds. The number of benzene rings is 2. The highest BCUT2D eigenvalue weighted by Crippen LogP contribution is 2.34. The Kier molecular flexibility index (Phi) is 6.93. The van der Waals surface area contributed by atoms with E-state index in [0.717, 1.165) is 47.7 Å². The van der Waals surface area contributed by atoms with Crippen LogP contribution in [0.4, 0.5) is 5.69 Å². The zero-order chi connectivity index (χ0) is 18.2. The molecule has 0 bridgehead atoms. The Bertz CT molecular complexity index is 722. The topological polar surface area (TPSA) is 30.5 Å². The summed E-state index contributed by atoms with van der Waals surface area (Å²) in [5.74, 6) is 1.61. The summed E-state index contributed by atoms with van der Waals surface area (Å²) in [6, 6.07) is 10.6. The van der Waals surface area contributed by atoms with Crippen molar-refractivity contribution in [1.29, 1.82) is 0 Å². The molecule has 1 N–H and O–H groups in total. The van der Waals surface area contributed by atoms with Crippen LogP contribution >= 0.6 is 0 Å². The van der Waals surface area contributed by atoms with E-state index in [4.69, 9.17) is 9.47 Å². The summed E-state index contributed by atoms with van der Waals surface area (Å²) in [6.07, 6.45) is 3.62. The maximum Gasteiger partial charge on any atom is 0.164 e. The first-order chi connectivity index (χ1) is 12.1. The Morgan fingerprint density at radius 2 is 1.92 bits per heavy atom. The number of hydrogen-bond acceptors (Lipinski definition) is 3. The van der Waals surface area contributed by atoms with E-state index in [1.807, 2.05) is 12.1 Å². The number of methoxy groups -OCH3 is 1. The van der Waals surface area contributed by atoms with E-state index in [1.54, 1.807) is 7.11 Å². The van der Waals surface area contributed by atoms with Crippen molar-refractivity contribution in [1.82, 2.24) is 0 Å². The summed E-state index contributed by atoms with van der Waals surface area (Å²) in [4.78, 5) is 0. The molecule has 134 valence electrons. The van der Waals surface area contributed by atoms with E-state index >= 15 is 0 Å². The van der Waals surface area contributed by atoms with Gasteiger partial charge in [0.15, 0.2) is 11.5 Å². The number of nitrogens with one attached hydrogen (secondary N) is 1. The Labute approximate surface area is 151 Å². The lowest BCUT2D eigenvalue weighted by Crippen LogP contribution is -2.05. The van der Waals surface area contributed by atoms with Gasteiger partial charge >= 0.3 is 0 Å². The maximum atomic E-state index is 5.91. The van der Waals surface area contributed by atoms with Gasteiger partial charge in [-0.15, -0.1) is 6.58 Å². The molecule has 2 aromatic rings. The molecule has 2 rings (SSSR count). The van der Waals surface area contributed by atoms with E-state index in [9.17, 15) is 0 Å². The summed E-state index contributed by atoms with van der Waals surface area (Å²) < 4.78 is 11.5. The molecule has 0 heterocycles. The minimum Gasteiger partial charge on any atom is -0.493 e. The molecule has 2 aromatic carbocycles. The Balaban J connectivity index is 2.23. The van der Waals surface area contributed by atoms with Gasteiger partial charge in [0.25, 0.3) is 0 Å². The Morgan fingerprint density at radius 3 is 2.56 bits per heavy atom. The molecule has 3 heteroatoms. The van der Waals surface area contributed by atoms with Crippen molar-refractivity contribution in [3.8, 4) is 11.5 Å². The van der Waals surface area contributed by atoms with Gasteiger partial charge in [-0.25, -0.2) is 0 Å². The van der Waals surface area contributed by atoms with Crippen molar-refractivity contribution in [3.63, 3.8) is 0 Å². The standard InChI is InChI=1S/C22H29NO2/c1-6-8-19-13-18(14-21(24-5)22(19)25-11-7-2)15-23-20-10-9-16(3)17(4)12-20/h6,9-10,12-14,23H,1,7-8,11,15H2,2-5H3. The van der Waals surface area contributed by atoms with Gasteiger partial charge in [0.1, 0.15) is 0 Å². The molecule has 0 unspecified atom stereocenters. The average Bonchev–Trinajstić information content (AvgIpc) is 2.61. The quantitative estimate of drug-likeness (QED) is 0.617. The number of ether oxygens (including phenoxy) is 2. The monoisotopic (exact) mass is 339 g/mol. The second kappa shape index (κ2) is 9.16. The lowest BCUT2D eigenvalue weighted by atomic mass is 10.0. The SMILES string of the molecule is C=CCc1cc(CNc2ccc(C)c(C)c2)cc(OC)c1OCCC. The highest BCUT2D eigenvalue weighted by Gasteiger charge is 2.12. The molecule has 0 radical (unpaired) electrons. The summed E-state index contributed by atoms with van der Waals surface area (Å²) in [7, 11) is 1.69. The van der Waals surface area contributed by atoms with Crippen molar-refractivity contribution in [3.05, 3.63) is 65.2 Å². The first kappa shape index (κ1) is 18.9. The second-order valence-corrected chi connectivity index (χ2v) is 6.28. The van der Waals surface area contributed by atoms with E-state index in [1.165, 1.54) is 11.1 Å². The summed E-state index contributed by atoms with van der Waals surface area (Å²) in [6.45, 7) is 11.6. The van der Waals surface area contributed by atoms with E-state index in [2.05, 4.69) is 56.9 Å². The van der Waals surface area contributed by atoms with Crippen molar-refractivity contribution in [2.45, 2.75) is 40.2 Å². The van der Waals surface area contributed by atoms with Gasteiger partial charge in [-0.1, -0.05) is 19.1 Å². The molecular weight excluding hydrogens is 310 g/mol. The molecule has 0 saturated heterocycles. The normalized spacial score (nSPS) is 10.4. The highest BCUT2D eigenvalue weighted by molar-refractivity contribution is 5.52. The van der Waals surface area contributed by atoms with Crippen molar-refractivity contribution >= 4 is 5.69 Å². The highest BCUT2D eigenvalue weighted by atomic mass is 16.5. The first-order valence-corrected chi connectivity index (χ1v) is 8.83. The van der Waals surface area contributed by atoms with Crippen molar-refractivity contribution in [2.24, 2.45) is 0 Å². The maximum absolute atomic E-state index is 5.91. The minimum absolute atomic E-state index is 0.681. The molecule has 0 fully saturated rings. The molecule has 0 atom stereocenters. The molecule has 0 aliphatic carbocycles. The molecule has 25 heavy (non-hydrogen) atoms. The van der Waals surface area contributed by atoms with Gasteiger partial charge in [0.05, 0.1) is 13.7 Å². The summed E-state index contributed by atoms with van der Waals surface area (Å²) >= 11 is 0. The van der Waals surface area contributed by atoms with Gasteiger partial charge in [-0.3, -0.25) is 0 Å². The zero-order valence-corrected chi connectivity index (χ0v) is 15.8. The van der Waals surface area contributed by atoms with Crippen LogP contribution in [0.1, 0.15) is 35.6 Å². The first-order valence-electron chi connectivity index (χ1n) is 8.83. The second-order valence-electron chi connectivity index (χ2n) is 6.28. The van der Waals surface area contributed by atoms with Crippen LogP contribution in [0.5, 0.6) is 11.5 Å². The van der Waals surface area contributed by atoms with Crippen molar-refractivity contribution in [2.75, 3.05) is 19.0 Å². The fourth-order valence-electron chi connectivity index (χ4n) is 2.71. The van der Waals surface area contributed by atoms with Crippen LogP contribution < -0.4 is 14.8 Å². The Hall–Kier alpha value is -2.42. The van der Waals surface area contributed by atoms with Gasteiger partial charge in [-0.05, 0) is 67.6 Å². The van der Waals surface area contributed by atoms with Crippen LogP contribution in [0.25, 0.3) is 0 Å². The predicted molar refractivity (Wildman–Crippen MR) is 106 cm³/mol. The van der Waals surface area contributed by atoms with Gasteiger partial charge in [-0.2, -0.15) is 0 Å². The zero-order valence-electron chi connectivity index (χ0n) is 15.8. The number of aryl methyl sites for hydroxylation is 2. The van der Waals surface area contributed by atoms with E-state index in [0.29, 0.717) is 6.61 Å². The minimum atomic E-state index is 0.681. The molecule has 3 nitrogen and oxygen atoms in total. The molecule has 0 spiro atoms. The van der Waals surface area contributed by atoms with E-state index in [-0.39, 0.29) is 0 Å². The van der Waals surface area contributed by atoms with Crippen LogP contribution in [0.15, 0.2) is 43.0 Å². The number of rotatable bonds is 9. The number of hydrogen-bond donors (Lipinski definition) is 1. The molecule has 0 aromatic heterocycles. The number of anilines is 1. The molecule has 0 aliphatic rings. The lowest BCUT2D eigenvalue weighted by molar-refractivity contribution is 0.291. The van der Waals surface area contributed by atoms with Crippen LogP contribution in [-0.4, -0.2) is 13.7 Å². The third-order valence-electron chi connectivity index (χ3n) is 4.23. The molecular formula is C22H29NO2. The number of allylic oxidation sites excluding steroid dienone is 1.